The van der Waals surface area contributed by atoms with Crippen molar-refractivity contribution in [1.82, 2.24) is 0 Å². The molecule has 0 aliphatic heterocycles. The zero-order valence-electron chi connectivity index (χ0n) is 15.1. The van der Waals surface area contributed by atoms with E-state index in [1.54, 1.807) is 54.7 Å². The maximum atomic E-state index is 13.6. The average molecular weight is 408 g/mol. The van der Waals surface area contributed by atoms with Crippen LogP contribution >= 0.6 is 11.6 Å². The van der Waals surface area contributed by atoms with Crippen molar-refractivity contribution in [3.8, 4) is 11.8 Å². The molecule has 7 heteroatoms. The number of hydrogen-bond donors (Lipinski definition) is 1. The first-order valence-electron chi connectivity index (χ1n) is 8.56. The molecule has 29 heavy (non-hydrogen) atoms. The van der Waals surface area contributed by atoms with Gasteiger partial charge in [-0.25, -0.2) is 4.39 Å². The molecule has 3 aromatic rings. The molecule has 0 aliphatic rings. The fraction of sp³-hybridized carbons (Fsp3) is 0.0455. The number of anilines is 1. The molecule has 1 N–H and O–H groups in total. The van der Waals surface area contributed by atoms with E-state index >= 15 is 0 Å². The number of amides is 1. The van der Waals surface area contributed by atoms with Gasteiger partial charge in [0.1, 0.15) is 11.6 Å². The summed E-state index contributed by atoms with van der Waals surface area (Å²) < 4.78 is 19.0. The lowest BCUT2D eigenvalue weighted by molar-refractivity contribution is -0.118. The minimum absolute atomic E-state index is 0.0848. The van der Waals surface area contributed by atoms with Crippen molar-refractivity contribution in [3.05, 3.63) is 88.7 Å². The first-order valence-corrected chi connectivity index (χ1v) is 8.94. The number of hydrogen-bond acceptors (Lipinski definition) is 4. The molecule has 3 aromatic carbocycles. The smallest absolute Gasteiger partial charge is 0.262 e. The number of halogens is 2. The predicted octanol–water partition coefficient (Wildman–Crippen LogP) is 5.12. The van der Waals surface area contributed by atoms with Gasteiger partial charge in [0.2, 0.25) is 0 Å². The average Bonchev–Trinajstić information content (AvgIpc) is 2.73. The summed E-state index contributed by atoms with van der Waals surface area (Å²) in [5, 5.41) is 11.5. The second kappa shape index (κ2) is 9.49. The van der Waals surface area contributed by atoms with Gasteiger partial charge in [-0.15, -0.1) is 0 Å². The van der Waals surface area contributed by atoms with E-state index in [1.807, 2.05) is 6.07 Å². The third kappa shape index (κ3) is 5.64. The molecular weight excluding hydrogens is 393 g/mol. The minimum atomic E-state index is -0.523. The van der Waals surface area contributed by atoms with Crippen LogP contribution in [0.5, 0.6) is 5.75 Å². The van der Waals surface area contributed by atoms with Gasteiger partial charge in [-0.2, -0.15) is 5.26 Å². The van der Waals surface area contributed by atoms with Gasteiger partial charge in [-0.05, 0) is 60.2 Å². The molecule has 0 unspecified atom stereocenters. The molecule has 5 nitrogen and oxygen atoms in total. The van der Waals surface area contributed by atoms with Crippen LogP contribution in [0.25, 0.3) is 0 Å². The predicted molar refractivity (Wildman–Crippen MR) is 110 cm³/mol. The Kier molecular flexibility index (Phi) is 6.56. The second-order valence-electron chi connectivity index (χ2n) is 5.92. The van der Waals surface area contributed by atoms with Crippen LogP contribution < -0.4 is 10.1 Å². The second-order valence-corrected chi connectivity index (χ2v) is 6.33. The van der Waals surface area contributed by atoms with Crippen LogP contribution in [0.3, 0.4) is 0 Å². The molecule has 0 heterocycles. The Morgan fingerprint density at radius 2 is 1.93 bits per heavy atom. The fourth-order valence-corrected chi connectivity index (χ4v) is 2.62. The lowest BCUT2D eigenvalue weighted by Gasteiger charge is -2.09. The Labute approximate surface area is 172 Å². The number of rotatable bonds is 6. The molecule has 0 spiro atoms. The van der Waals surface area contributed by atoms with Crippen molar-refractivity contribution in [3.63, 3.8) is 0 Å². The number of ether oxygens (including phenoxy) is 1. The summed E-state index contributed by atoms with van der Waals surface area (Å²) >= 11 is 6.21. The third-order valence-electron chi connectivity index (χ3n) is 3.82. The van der Waals surface area contributed by atoms with E-state index in [0.717, 1.165) is 5.56 Å². The monoisotopic (exact) mass is 407 g/mol. The number of para-hydroxylation sites is 1. The molecule has 0 fully saturated rings. The summed E-state index contributed by atoms with van der Waals surface area (Å²) in [6.07, 6.45) is 1.63. The van der Waals surface area contributed by atoms with Gasteiger partial charge in [-0.3, -0.25) is 9.79 Å². The summed E-state index contributed by atoms with van der Waals surface area (Å²) in [6, 6.07) is 19.8. The van der Waals surface area contributed by atoms with Crippen LogP contribution in [0.4, 0.5) is 15.8 Å². The minimum Gasteiger partial charge on any atom is -0.482 e. The largest absolute Gasteiger partial charge is 0.482 e. The van der Waals surface area contributed by atoms with Gasteiger partial charge >= 0.3 is 0 Å². The van der Waals surface area contributed by atoms with E-state index in [-0.39, 0.29) is 12.3 Å². The molecule has 0 radical (unpaired) electrons. The molecule has 0 aromatic heterocycles. The summed E-state index contributed by atoms with van der Waals surface area (Å²) in [7, 11) is 0. The molecule has 0 atom stereocenters. The van der Waals surface area contributed by atoms with E-state index in [9.17, 15) is 9.18 Å². The van der Waals surface area contributed by atoms with Gasteiger partial charge in [0.05, 0.1) is 28.0 Å². The van der Waals surface area contributed by atoms with Crippen molar-refractivity contribution in [1.29, 1.82) is 5.26 Å². The van der Waals surface area contributed by atoms with Gasteiger partial charge in [0.15, 0.2) is 6.61 Å². The molecule has 3 rings (SSSR count). The highest BCUT2D eigenvalue weighted by Crippen LogP contribution is 2.25. The van der Waals surface area contributed by atoms with Crippen LogP contribution in [0.2, 0.25) is 5.02 Å². The van der Waals surface area contributed by atoms with E-state index in [4.69, 9.17) is 21.6 Å². The van der Waals surface area contributed by atoms with Gasteiger partial charge in [0, 0.05) is 6.21 Å². The SMILES string of the molecule is N#Cc1ccc(N=Cc2ccc(OCC(=O)Nc3ccccc3F)c(Cl)c2)cc1. The number of aliphatic imine (C=N–C) groups is 1. The number of carbonyl (C=O) groups excluding carboxylic acids is 1. The summed E-state index contributed by atoms with van der Waals surface area (Å²) in [6.45, 7) is -0.313. The van der Waals surface area contributed by atoms with Gasteiger partial charge in [0.25, 0.3) is 5.91 Å². The molecule has 0 saturated heterocycles. The maximum absolute atomic E-state index is 13.6. The number of nitrogens with zero attached hydrogens (tertiary/aromatic N) is 2. The zero-order valence-corrected chi connectivity index (χ0v) is 15.9. The van der Waals surface area contributed by atoms with Gasteiger partial charge in [-0.1, -0.05) is 23.7 Å². The molecule has 144 valence electrons. The summed E-state index contributed by atoms with van der Waals surface area (Å²) in [5.41, 5.74) is 2.09. The Bertz CT molecular complexity index is 1090. The lowest BCUT2D eigenvalue weighted by Crippen LogP contribution is -2.20. The van der Waals surface area contributed by atoms with Gasteiger partial charge < -0.3 is 10.1 Å². The summed E-state index contributed by atoms with van der Waals surface area (Å²) in [5.74, 6) is -0.701. The maximum Gasteiger partial charge on any atom is 0.262 e. The van der Waals surface area contributed by atoms with Crippen molar-refractivity contribution in [2.45, 2.75) is 0 Å². The quantitative estimate of drug-likeness (QED) is 0.576. The highest BCUT2D eigenvalue weighted by atomic mass is 35.5. The first kappa shape index (κ1) is 20.1. The normalized spacial score (nSPS) is 10.5. The van der Waals surface area contributed by atoms with Crippen molar-refractivity contribution in [2.75, 3.05) is 11.9 Å². The number of nitriles is 1. The fourth-order valence-electron chi connectivity index (χ4n) is 2.38. The molecule has 0 bridgehead atoms. The molecular formula is C22H15ClFN3O2. The van der Waals surface area contributed by atoms with Crippen LogP contribution in [0.15, 0.2) is 71.7 Å². The molecule has 1 amide bonds. The molecule has 0 aliphatic carbocycles. The Morgan fingerprint density at radius 1 is 1.17 bits per heavy atom. The lowest BCUT2D eigenvalue weighted by atomic mass is 10.2. The number of nitrogens with one attached hydrogen (secondary N) is 1. The summed E-state index contributed by atoms with van der Waals surface area (Å²) in [4.78, 5) is 16.3. The van der Waals surface area contributed by atoms with Crippen LogP contribution in [-0.4, -0.2) is 18.7 Å². The Balaban J connectivity index is 1.59. The van der Waals surface area contributed by atoms with E-state index in [0.29, 0.717) is 22.0 Å². The van der Waals surface area contributed by atoms with Crippen LogP contribution in [0.1, 0.15) is 11.1 Å². The standard InChI is InChI=1S/C22H15ClFN3O2/c23-18-11-16(13-26-17-8-5-15(12-25)6-9-17)7-10-21(18)29-14-22(28)27-20-4-2-1-3-19(20)24/h1-11,13H,14H2,(H,27,28). The first-order chi connectivity index (χ1) is 14.0. The highest BCUT2D eigenvalue weighted by Gasteiger charge is 2.09. The topological polar surface area (TPSA) is 74.5 Å². The Hall–Kier alpha value is -3.69. The van der Waals surface area contributed by atoms with Crippen molar-refractivity contribution in [2.24, 2.45) is 4.99 Å². The van der Waals surface area contributed by atoms with Crippen LogP contribution in [-0.2, 0) is 4.79 Å². The van der Waals surface area contributed by atoms with Crippen molar-refractivity contribution < 1.29 is 13.9 Å². The molecule has 0 saturated carbocycles. The third-order valence-corrected chi connectivity index (χ3v) is 4.12. The number of benzene rings is 3. The Morgan fingerprint density at radius 3 is 2.62 bits per heavy atom. The number of carbonyl (C=O) groups is 1. The highest BCUT2D eigenvalue weighted by molar-refractivity contribution is 6.32. The van der Waals surface area contributed by atoms with Crippen LogP contribution in [0, 0.1) is 17.1 Å². The zero-order chi connectivity index (χ0) is 20.6. The van der Waals surface area contributed by atoms with E-state index in [1.165, 1.54) is 18.2 Å². The van der Waals surface area contributed by atoms with Crippen molar-refractivity contribution >= 4 is 35.1 Å². The van der Waals surface area contributed by atoms with E-state index < -0.39 is 11.7 Å². The van der Waals surface area contributed by atoms with E-state index in [2.05, 4.69) is 10.3 Å².